The second kappa shape index (κ2) is 9.58. The molecule has 1 N–H and O–H groups in total. The molecule has 0 aromatic heterocycles. The molecule has 2 aromatic carbocycles. The zero-order valence-electron chi connectivity index (χ0n) is 17.3. The molecular weight excluding hydrogens is 437 g/mol. The highest BCUT2D eigenvalue weighted by Crippen LogP contribution is 2.28. The third-order valence-corrected chi connectivity index (χ3v) is 6.89. The lowest BCUT2D eigenvalue weighted by molar-refractivity contribution is -0.149. The van der Waals surface area contributed by atoms with Gasteiger partial charge in [-0.15, -0.1) is 0 Å². The van der Waals surface area contributed by atoms with Gasteiger partial charge < -0.3 is 4.90 Å². The summed E-state index contributed by atoms with van der Waals surface area (Å²) in [6, 6.07) is 7.47. The van der Waals surface area contributed by atoms with Gasteiger partial charge in [-0.2, -0.15) is 17.9 Å². The van der Waals surface area contributed by atoms with Gasteiger partial charge in [0.25, 0.3) is 0 Å². The van der Waals surface area contributed by atoms with Gasteiger partial charge in [-0.25, -0.2) is 8.42 Å². The highest BCUT2D eigenvalue weighted by molar-refractivity contribution is 7.89. The minimum atomic E-state index is -4.77. The van der Waals surface area contributed by atoms with Gasteiger partial charge in [-0.1, -0.05) is 30.7 Å². The number of sulfonamides is 1. The molecule has 2 aromatic rings. The third-order valence-electron chi connectivity index (χ3n) is 4.87. The molecule has 9 heteroatoms. The highest BCUT2D eigenvalue weighted by Gasteiger charge is 2.43. The number of rotatable bonds is 8. The predicted octanol–water partition coefficient (Wildman–Crippen LogP) is 5.25. The Kier molecular flexibility index (Phi) is 7.82. The molecular formula is C21H26ClF3N2O2S. The average Bonchev–Trinajstić information content (AvgIpc) is 2.64. The standard InChI is InChI=1S/C21H26ClF3N2O2S/c1-5-16-11-14(3)20(15(4)12-16)30(28,29)26-19(21(23,24)25)13-27(6-2)18-9-7-17(22)8-10-18/h7-12,19,26H,5-6,13H2,1-4H3. The molecule has 0 saturated carbocycles. The number of nitrogens with zero attached hydrogens (tertiary/aromatic N) is 1. The molecule has 30 heavy (non-hydrogen) atoms. The Morgan fingerprint density at radius 3 is 2.03 bits per heavy atom. The van der Waals surface area contributed by atoms with Crippen LogP contribution >= 0.6 is 11.6 Å². The van der Waals surface area contributed by atoms with E-state index in [0.717, 1.165) is 5.56 Å². The van der Waals surface area contributed by atoms with Crippen LogP contribution in [0.25, 0.3) is 0 Å². The maximum atomic E-state index is 13.8. The number of anilines is 1. The van der Waals surface area contributed by atoms with Gasteiger partial charge >= 0.3 is 6.18 Å². The van der Waals surface area contributed by atoms with Crippen LogP contribution in [0.2, 0.25) is 5.02 Å². The summed E-state index contributed by atoms with van der Waals surface area (Å²) in [6.45, 7) is 6.51. The topological polar surface area (TPSA) is 49.4 Å². The van der Waals surface area contributed by atoms with Gasteiger partial charge in [0.1, 0.15) is 6.04 Å². The van der Waals surface area contributed by atoms with Crippen LogP contribution in [0.5, 0.6) is 0 Å². The molecule has 1 unspecified atom stereocenters. The van der Waals surface area contributed by atoms with Crippen molar-refractivity contribution in [1.82, 2.24) is 4.72 Å². The molecule has 0 aliphatic heterocycles. The van der Waals surface area contributed by atoms with E-state index in [0.29, 0.717) is 28.3 Å². The molecule has 2 rings (SSSR count). The first-order chi connectivity index (χ1) is 13.9. The zero-order chi connectivity index (χ0) is 22.7. The van der Waals surface area contributed by atoms with Crippen molar-refractivity contribution in [2.45, 2.75) is 51.2 Å². The first-order valence-electron chi connectivity index (χ1n) is 9.58. The summed E-state index contributed by atoms with van der Waals surface area (Å²) in [6.07, 6.45) is -4.06. The predicted molar refractivity (Wildman–Crippen MR) is 115 cm³/mol. The van der Waals surface area contributed by atoms with Crippen molar-refractivity contribution in [1.29, 1.82) is 0 Å². The number of halogens is 4. The molecule has 0 fully saturated rings. The van der Waals surface area contributed by atoms with E-state index < -0.39 is 28.8 Å². The molecule has 0 amide bonds. The molecule has 1 atom stereocenters. The fourth-order valence-corrected chi connectivity index (χ4v) is 5.20. The number of hydrogen-bond acceptors (Lipinski definition) is 3. The first-order valence-corrected chi connectivity index (χ1v) is 11.4. The number of hydrogen-bond donors (Lipinski definition) is 1. The molecule has 0 aliphatic rings. The van der Waals surface area contributed by atoms with Gasteiger partial charge in [-0.3, -0.25) is 0 Å². The van der Waals surface area contributed by atoms with Gasteiger partial charge in [0, 0.05) is 23.8 Å². The quantitative estimate of drug-likeness (QED) is 0.582. The van der Waals surface area contributed by atoms with Crippen molar-refractivity contribution in [2.24, 2.45) is 0 Å². The highest BCUT2D eigenvalue weighted by atomic mass is 35.5. The van der Waals surface area contributed by atoms with E-state index in [1.54, 1.807) is 57.2 Å². The Morgan fingerprint density at radius 2 is 1.60 bits per heavy atom. The number of alkyl halides is 3. The Labute approximate surface area is 181 Å². The van der Waals surface area contributed by atoms with Crippen LogP contribution in [-0.2, 0) is 16.4 Å². The normalized spacial score (nSPS) is 13.3. The Bertz CT molecular complexity index is 954. The molecule has 0 saturated heterocycles. The van der Waals surface area contributed by atoms with Crippen molar-refractivity contribution in [3.05, 3.63) is 58.1 Å². The van der Waals surface area contributed by atoms with E-state index in [9.17, 15) is 21.6 Å². The maximum Gasteiger partial charge on any atom is 0.406 e. The van der Waals surface area contributed by atoms with Crippen molar-refractivity contribution < 1.29 is 21.6 Å². The van der Waals surface area contributed by atoms with Crippen molar-refractivity contribution in [3.8, 4) is 0 Å². The summed E-state index contributed by atoms with van der Waals surface area (Å²) < 4.78 is 69.1. The summed E-state index contributed by atoms with van der Waals surface area (Å²) in [5, 5.41) is 0.462. The van der Waals surface area contributed by atoms with E-state index in [1.807, 2.05) is 11.6 Å². The number of likely N-dealkylation sites (N-methyl/N-ethyl adjacent to an activating group) is 1. The van der Waals surface area contributed by atoms with Gasteiger partial charge in [0.15, 0.2) is 0 Å². The molecule has 0 bridgehead atoms. The minimum absolute atomic E-state index is 0.108. The van der Waals surface area contributed by atoms with Crippen LogP contribution in [-0.4, -0.2) is 33.7 Å². The summed E-state index contributed by atoms with van der Waals surface area (Å²) >= 11 is 5.85. The number of benzene rings is 2. The van der Waals surface area contributed by atoms with E-state index >= 15 is 0 Å². The molecule has 0 heterocycles. The molecule has 0 aliphatic carbocycles. The van der Waals surface area contributed by atoms with Crippen LogP contribution in [0, 0.1) is 13.8 Å². The Balaban J connectivity index is 2.37. The van der Waals surface area contributed by atoms with Gasteiger partial charge in [0.2, 0.25) is 10.0 Å². The Morgan fingerprint density at radius 1 is 1.07 bits per heavy atom. The zero-order valence-corrected chi connectivity index (χ0v) is 18.9. The van der Waals surface area contributed by atoms with Crippen molar-refractivity contribution in [3.63, 3.8) is 0 Å². The maximum absolute atomic E-state index is 13.8. The van der Waals surface area contributed by atoms with Crippen molar-refractivity contribution in [2.75, 3.05) is 18.0 Å². The van der Waals surface area contributed by atoms with E-state index in [1.165, 1.54) is 4.90 Å². The minimum Gasteiger partial charge on any atom is -0.370 e. The lowest BCUT2D eigenvalue weighted by Crippen LogP contribution is -2.52. The van der Waals surface area contributed by atoms with Crippen LogP contribution in [0.4, 0.5) is 18.9 Å². The SMILES string of the molecule is CCc1cc(C)c(S(=O)(=O)NC(CN(CC)c2ccc(Cl)cc2)C(F)(F)F)c(C)c1. The molecule has 166 valence electrons. The lowest BCUT2D eigenvalue weighted by atomic mass is 10.1. The Hall–Kier alpha value is -1.77. The molecule has 0 radical (unpaired) electrons. The number of aryl methyl sites for hydroxylation is 3. The second-order valence-electron chi connectivity index (χ2n) is 7.14. The monoisotopic (exact) mass is 462 g/mol. The number of nitrogens with one attached hydrogen (secondary N) is 1. The fourth-order valence-electron chi connectivity index (χ4n) is 3.41. The average molecular weight is 463 g/mol. The smallest absolute Gasteiger partial charge is 0.370 e. The lowest BCUT2D eigenvalue weighted by Gasteiger charge is -2.30. The van der Waals surface area contributed by atoms with Gasteiger partial charge in [0.05, 0.1) is 4.90 Å². The summed E-state index contributed by atoms with van der Waals surface area (Å²) in [7, 11) is -4.39. The van der Waals surface area contributed by atoms with Gasteiger partial charge in [-0.05, 0) is 68.1 Å². The second-order valence-corrected chi connectivity index (χ2v) is 9.23. The summed E-state index contributed by atoms with van der Waals surface area (Å²) in [4.78, 5) is 1.35. The summed E-state index contributed by atoms with van der Waals surface area (Å²) in [5.41, 5.74) is 2.29. The molecule has 4 nitrogen and oxygen atoms in total. The van der Waals surface area contributed by atoms with Crippen LogP contribution < -0.4 is 9.62 Å². The van der Waals surface area contributed by atoms with Crippen molar-refractivity contribution >= 4 is 27.3 Å². The van der Waals surface area contributed by atoms with E-state index in [4.69, 9.17) is 11.6 Å². The molecule has 0 spiro atoms. The third kappa shape index (κ3) is 5.89. The van der Waals surface area contributed by atoms with Crippen LogP contribution in [0.1, 0.15) is 30.5 Å². The summed E-state index contributed by atoms with van der Waals surface area (Å²) in [5.74, 6) is 0. The van der Waals surface area contributed by atoms with Crippen LogP contribution in [0.15, 0.2) is 41.3 Å². The van der Waals surface area contributed by atoms with Crippen LogP contribution in [0.3, 0.4) is 0 Å². The van der Waals surface area contributed by atoms with E-state index in [-0.39, 0.29) is 11.4 Å². The fraction of sp³-hybridized carbons (Fsp3) is 0.429. The largest absolute Gasteiger partial charge is 0.406 e. The van der Waals surface area contributed by atoms with E-state index in [2.05, 4.69) is 0 Å². The first kappa shape index (κ1) is 24.5.